The van der Waals surface area contributed by atoms with Crippen molar-refractivity contribution in [3.05, 3.63) is 35.4 Å². The van der Waals surface area contributed by atoms with Crippen LogP contribution < -0.4 is 5.73 Å². The van der Waals surface area contributed by atoms with Crippen LogP contribution in [0.15, 0.2) is 18.2 Å². The molecular formula is C11H15F2NS. The van der Waals surface area contributed by atoms with Crippen LogP contribution in [0.3, 0.4) is 0 Å². The Morgan fingerprint density at radius 2 is 2.13 bits per heavy atom. The summed E-state index contributed by atoms with van der Waals surface area (Å²) in [4.78, 5) is 0. The molecule has 0 aliphatic rings. The third kappa shape index (κ3) is 3.80. The van der Waals surface area contributed by atoms with E-state index in [2.05, 4.69) is 0 Å². The van der Waals surface area contributed by atoms with E-state index in [0.29, 0.717) is 23.8 Å². The minimum Gasteiger partial charge on any atom is -0.330 e. The van der Waals surface area contributed by atoms with Gasteiger partial charge in [0, 0.05) is 11.3 Å². The molecule has 0 spiro atoms. The van der Waals surface area contributed by atoms with E-state index in [0.717, 1.165) is 11.8 Å². The number of halogens is 2. The van der Waals surface area contributed by atoms with Gasteiger partial charge < -0.3 is 5.73 Å². The van der Waals surface area contributed by atoms with Gasteiger partial charge in [0.2, 0.25) is 0 Å². The maximum absolute atomic E-state index is 13.2. The fourth-order valence-electron chi connectivity index (χ4n) is 1.10. The summed E-state index contributed by atoms with van der Waals surface area (Å²) < 4.78 is 26.0. The van der Waals surface area contributed by atoms with Crippen molar-refractivity contribution in [3.8, 4) is 0 Å². The second-order valence-corrected chi connectivity index (χ2v) is 4.60. The highest BCUT2D eigenvalue weighted by molar-refractivity contribution is 7.98. The van der Waals surface area contributed by atoms with E-state index < -0.39 is 11.6 Å². The topological polar surface area (TPSA) is 26.0 Å². The minimum absolute atomic E-state index is 0.409. The van der Waals surface area contributed by atoms with Crippen LogP contribution in [-0.4, -0.2) is 12.3 Å². The average molecular weight is 231 g/mol. The second kappa shape index (κ2) is 6.08. The Kier molecular flexibility index (Phi) is 5.05. The molecule has 1 aromatic carbocycles. The molecule has 0 heterocycles. The lowest BCUT2D eigenvalue weighted by Gasteiger charge is -2.08. The summed E-state index contributed by atoms with van der Waals surface area (Å²) >= 11 is 1.58. The first-order valence-electron chi connectivity index (χ1n) is 4.85. The summed E-state index contributed by atoms with van der Waals surface area (Å²) in [7, 11) is 0. The molecule has 0 bridgehead atoms. The van der Waals surface area contributed by atoms with Crippen molar-refractivity contribution in [1.82, 2.24) is 0 Å². The lowest BCUT2D eigenvalue weighted by molar-refractivity contribution is 0.502. The summed E-state index contributed by atoms with van der Waals surface area (Å²) in [5.41, 5.74) is 5.88. The molecular weight excluding hydrogens is 216 g/mol. The molecule has 1 aromatic rings. The van der Waals surface area contributed by atoms with E-state index in [1.165, 1.54) is 6.07 Å². The van der Waals surface area contributed by atoms with Gasteiger partial charge in [-0.25, -0.2) is 8.78 Å². The number of hydrogen-bond acceptors (Lipinski definition) is 2. The van der Waals surface area contributed by atoms with E-state index in [4.69, 9.17) is 5.73 Å². The third-order valence-corrected chi connectivity index (χ3v) is 3.41. The molecule has 0 aromatic heterocycles. The lowest BCUT2D eigenvalue weighted by Crippen LogP contribution is -2.12. The maximum Gasteiger partial charge on any atom is 0.162 e. The molecule has 0 saturated carbocycles. The van der Waals surface area contributed by atoms with Crippen LogP contribution in [0.2, 0.25) is 0 Å². The molecule has 1 atom stereocenters. The first kappa shape index (κ1) is 12.5. The molecule has 2 N–H and O–H groups in total. The molecule has 0 aliphatic heterocycles. The van der Waals surface area contributed by atoms with Crippen LogP contribution in [0.25, 0.3) is 0 Å². The fraction of sp³-hybridized carbons (Fsp3) is 0.455. The van der Waals surface area contributed by atoms with Crippen molar-refractivity contribution < 1.29 is 8.78 Å². The van der Waals surface area contributed by atoms with Gasteiger partial charge in [-0.1, -0.05) is 19.1 Å². The Labute approximate surface area is 93.1 Å². The van der Waals surface area contributed by atoms with E-state index >= 15 is 0 Å². The van der Waals surface area contributed by atoms with Gasteiger partial charge in [-0.05, 0) is 24.3 Å². The Morgan fingerprint density at radius 1 is 1.40 bits per heavy atom. The Bertz CT molecular complexity index is 317. The van der Waals surface area contributed by atoms with E-state index in [1.807, 2.05) is 6.92 Å². The molecule has 84 valence electrons. The van der Waals surface area contributed by atoms with Crippen molar-refractivity contribution >= 4 is 11.8 Å². The van der Waals surface area contributed by atoms with Crippen LogP contribution in [0.1, 0.15) is 12.5 Å². The zero-order valence-corrected chi connectivity index (χ0v) is 9.49. The highest BCUT2D eigenvalue weighted by Gasteiger charge is 2.07. The predicted molar refractivity (Wildman–Crippen MR) is 60.7 cm³/mol. The molecule has 1 unspecified atom stereocenters. The first-order valence-corrected chi connectivity index (χ1v) is 6.01. The van der Waals surface area contributed by atoms with Gasteiger partial charge in [0.25, 0.3) is 0 Å². The number of thioether (sulfide) groups is 1. The Balaban J connectivity index is 2.47. The lowest BCUT2D eigenvalue weighted by atomic mass is 10.2. The van der Waals surface area contributed by atoms with Crippen LogP contribution in [0.5, 0.6) is 0 Å². The Hall–Kier alpha value is -0.610. The quantitative estimate of drug-likeness (QED) is 0.843. The van der Waals surface area contributed by atoms with Gasteiger partial charge >= 0.3 is 0 Å². The van der Waals surface area contributed by atoms with E-state index in [-0.39, 0.29) is 0 Å². The van der Waals surface area contributed by atoms with Gasteiger partial charge in [-0.3, -0.25) is 0 Å². The zero-order valence-electron chi connectivity index (χ0n) is 8.67. The standard InChI is InChI=1S/C11H15F2NS/c1-8(5-14)6-15-7-9-3-2-4-10(12)11(9)13/h2-4,8H,5-7,14H2,1H3. The predicted octanol–water partition coefficient (Wildman–Crippen LogP) is 2.79. The molecule has 1 rings (SSSR count). The largest absolute Gasteiger partial charge is 0.330 e. The van der Waals surface area contributed by atoms with Crippen molar-refractivity contribution in [2.45, 2.75) is 12.7 Å². The second-order valence-electron chi connectivity index (χ2n) is 3.57. The zero-order chi connectivity index (χ0) is 11.3. The number of hydrogen-bond donors (Lipinski definition) is 1. The Morgan fingerprint density at radius 3 is 2.80 bits per heavy atom. The molecule has 0 fully saturated rings. The molecule has 1 nitrogen and oxygen atoms in total. The molecule has 15 heavy (non-hydrogen) atoms. The van der Waals surface area contributed by atoms with E-state index in [9.17, 15) is 8.78 Å². The van der Waals surface area contributed by atoms with Gasteiger partial charge in [0.05, 0.1) is 0 Å². The SMILES string of the molecule is CC(CN)CSCc1cccc(F)c1F. The molecule has 0 amide bonds. The summed E-state index contributed by atoms with van der Waals surface area (Å²) in [6.07, 6.45) is 0. The van der Waals surface area contributed by atoms with Crippen LogP contribution in [0, 0.1) is 17.6 Å². The third-order valence-electron chi connectivity index (χ3n) is 2.09. The number of benzene rings is 1. The number of rotatable bonds is 5. The highest BCUT2D eigenvalue weighted by Crippen LogP contribution is 2.19. The first-order chi connectivity index (χ1) is 7.15. The van der Waals surface area contributed by atoms with Gasteiger partial charge in [-0.2, -0.15) is 11.8 Å². The summed E-state index contributed by atoms with van der Waals surface area (Å²) in [6, 6.07) is 4.27. The van der Waals surface area contributed by atoms with Crippen LogP contribution in [-0.2, 0) is 5.75 Å². The highest BCUT2D eigenvalue weighted by atomic mass is 32.2. The molecule has 0 radical (unpaired) electrons. The van der Waals surface area contributed by atoms with Crippen LogP contribution in [0.4, 0.5) is 8.78 Å². The van der Waals surface area contributed by atoms with Crippen molar-refractivity contribution in [1.29, 1.82) is 0 Å². The van der Waals surface area contributed by atoms with Crippen LogP contribution >= 0.6 is 11.8 Å². The summed E-state index contributed by atoms with van der Waals surface area (Å²) in [5.74, 6) is 0.261. The summed E-state index contributed by atoms with van der Waals surface area (Å²) in [6.45, 7) is 2.66. The normalized spacial score (nSPS) is 12.8. The molecule has 0 saturated heterocycles. The van der Waals surface area contributed by atoms with E-state index in [1.54, 1.807) is 17.8 Å². The summed E-state index contributed by atoms with van der Waals surface area (Å²) in [5, 5.41) is 0. The van der Waals surface area contributed by atoms with Gasteiger partial charge in [0.1, 0.15) is 0 Å². The van der Waals surface area contributed by atoms with Gasteiger partial charge in [0.15, 0.2) is 11.6 Å². The smallest absolute Gasteiger partial charge is 0.162 e. The van der Waals surface area contributed by atoms with Crippen molar-refractivity contribution in [3.63, 3.8) is 0 Å². The molecule has 4 heteroatoms. The molecule has 0 aliphatic carbocycles. The minimum atomic E-state index is -0.778. The monoisotopic (exact) mass is 231 g/mol. The van der Waals surface area contributed by atoms with Crippen molar-refractivity contribution in [2.24, 2.45) is 11.7 Å². The average Bonchev–Trinajstić information content (AvgIpc) is 2.24. The maximum atomic E-state index is 13.2. The van der Waals surface area contributed by atoms with Gasteiger partial charge in [-0.15, -0.1) is 0 Å². The van der Waals surface area contributed by atoms with Crippen molar-refractivity contribution in [2.75, 3.05) is 12.3 Å². The number of nitrogens with two attached hydrogens (primary N) is 1. The fourth-order valence-corrected chi connectivity index (χ4v) is 2.20.